The van der Waals surface area contributed by atoms with Gasteiger partial charge >= 0.3 is 0 Å². The van der Waals surface area contributed by atoms with Crippen molar-refractivity contribution in [1.82, 2.24) is 9.80 Å². The highest BCUT2D eigenvalue weighted by Crippen LogP contribution is 2.43. The summed E-state index contributed by atoms with van der Waals surface area (Å²) >= 11 is 0. The average molecular weight is 583 g/mol. The Morgan fingerprint density at radius 1 is 0.750 bits per heavy atom. The van der Waals surface area contributed by atoms with Crippen molar-refractivity contribution < 1.29 is 4.79 Å². The maximum absolute atomic E-state index is 13.4. The second-order valence-electron chi connectivity index (χ2n) is 13.6. The quantitative estimate of drug-likeness (QED) is 0.192. The van der Waals surface area contributed by atoms with E-state index in [1.165, 1.54) is 74.8 Å². The number of nitrogens with zero attached hydrogens (tertiary/aromatic N) is 2. The number of hydrogen-bond acceptors (Lipinski definition) is 2. The lowest BCUT2D eigenvalue weighted by molar-refractivity contribution is 0.0618. The molecule has 3 aromatic carbocycles. The minimum Gasteiger partial charge on any atom is -0.338 e. The highest BCUT2D eigenvalue weighted by atomic mass is 16.2. The maximum atomic E-state index is 13.4. The van der Waals surface area contributed by atoms with E-state index in [-0.39, 0.29) is 11.3 Å². The van der Waals surface area contributed by atoms with Crippen molar-refractivity contribution in [2.24, 2.45) is 5.92 Å². The number of rotatable bonds is 7. The van der Waals surface area contributed by atoms with Crippen molar-refractivity contribution in [2.45, 2.75) is 62.7 Å². The Morgan fingerprint density at radius 3 is 2.16 bits per heavy atom. The third kappa shape index (κ3) is 6.40. The van der Waals surface area contributed by atoms with Crippen molar-refractivity contribution in [3.05, 3.63) is 131 Å². The van der Waals surface area contributed by atoms with Gasteiger partial charge in [0.1, 0.15) is 0 Å². The standard InChI is InChI=1S/C35H42N2O.C6H4/c38-34(30-12-3-1-4-13-30)37-24-10-22-35(27-37,31-14-5-2-6-15-31)21-9-23-36-25-19-29(20-26-36)33-18-17-28-11-7-8-16-32(28)33;1-2-5-4-6(5)3-1/h1-8,11-16,29,33H,9-10,17-27H2;1-4H. The van der Waals surface area contributed by atoms with Gasteiger partial charge in [0, 0.05) is 24.1 Å². The highest BCUT2D eigenvalue weighted by molar-refractivity contribution is 5.94. The Morgan fingerprint density at radius 2 is 1.45 bits per heavy atom. The first kappa shape index (κ1) is 29.0. The molecular formula is C41H46N2O. The molecule has 3 nitrogen and oxygen atoms in total. The van der Waals surface area contributed by atoms with E-state index >= 15 is 0 Å². The van der Waals surface area contributed by atoms with E-state index in [0.717, 1.165) is 43.3 Å². The first-order valence-corrected chi connectivity index (χ1v) is 17.0. The van der Waals surface area contributed by atoms with Crippen molar-refractivity contribution in [1.29, 1.82) is 0 Å². The van der Waals surface area contributed by atoms with Gasteiger partial charge in [-0.05, 0) is 129 Å². The Hall–Kier alpha value is -3.69. The van der Waals surface area contributed by atoms with Crippen LogP contribution in [0.4, 0.5) is 0 Å². The molecule has 3 aliphatic carbocycles. The lowest BCUT2D eigenvalue weighted by Crippen LogP contribution is -2.49. The molecule has 1 amide bonds. The Labute approximate surface area is 263 Å². The van der Waals surface area contributed by atoms with Gasteiger partial charge in [-0.1, -0.05) is 91.0 Å². The second-order valence-corrected chi connectivity index (χ2v) is 13.6. The zero-order valence-corrected chi connectivity index (χ0v) is 26.0. The molecule has 0 aromatic heterocycles. The summed E-state index contributed by atoms with van der Waals surface area (Å²) in [6, 6.07) is 38.5. The summed E-state index contributed by atoms with van der Waals surface area (Å²) in [4.78, 5) is 18.2. The summed E-state index contributed by atoms with van der Waals surface area (Å²) in [6.45, 7) is 5.34. The summed E-state index contributed by atoms with van der Waals surface area (Å²) in [5, 5.41) is 0. The van der Waals surface area contributed by atoms with Crippen LogP contribution in [0.3, 0.4) is 0 Å². The van der Waals surface area contributed by atoms with E-state index in [4.69, 9.17) is 0 Å². The van der Waals surface area contributed by atoms with Gasteiger partial charge in [0.15, 0.2) is 0 Å². The predicted octanol–water partition coefficient (Wildman–Crippen LogP) is 8.75. The summed E-state index contributed by atoms with van der Waals surface area (Å²) in [5.41, 5.74) is 8.36. The molecule has 3 aromatic rings. The summed E-state index contributed by atoms with van der Waals surface area (Å²) in [7, 11) is 0. The Balaban J connectivity index is 0.000000459. The molecule has 0 radical (unpaired) electrons. The zero-order chi connectivity index (χ0) is 29.8. The van der Waals surface area contributed by atoms with E-state index in [2.05, 4.69) is 88.7 Å². The molecule has 2 fully saturated rings. The monoisotopic (exact) mass is 582 g/mol. The number of amides is 1. The highest BCUT2D eigenvalue weighted by Gasteiger charge is 2.39. The number of hydrogen-bond donors (Lipinski definition) is 0. The number of carbonyl (C=O) groups excluding carboxylic acids is 1. The fraction of sp³-hybridized carbons (Fsp3) is 0.390. The van der Waals surface area contributed by atoms with Gasteiger partial charge in [-0.3, -0.25) is 4.79 Å². The van der Waals surface area contributed by atoms with Gasteiger partial charge in [-0.2, -0.15) is 0 Å². The summed E-state index contributed by atoms with van der Waals surface area (Å²) in [6.07, 6.45) is 9.86. The Kier molecular flexibility index (Phi) is 8.66. The molecule has 2 aliphatic heterocycles. The molecule has 0 spiro atoms. The zero-order valence-electron chi connectivity index (χ0n) is 26.0. The van der Waals surface area contributed by atoms with Crippen LogP contribution in [0, 0.1) is 5.92 Å². The summed E-state index contributed by atoms with van der Waals surface area (Å²) in [5.74, 6) is 1.81. The van der Waals surface area contributed by atoms with Crippen LogP contribution < -0.4 is 0 Å². The van der Waals surface area contributed by atoms with E-state index in [0.29, 0.717) is 0 Å². The van der Waals surface area contributed by atoms with Crippen molar-refractivity contribution in [3.63, 3.8) is 0 Å². The third-order valence-electron chi connectivity index (χ3n) is 10.9. The normalized spacial score (nSPS) is 22.5. The number of benzene rings is 4. The number of aryl methyl sites for hydroxylation is 1. The predicted molar refractivity (Wildman–Crippen MR) is 181 cm³/mol. The van der Waals surface area contributed by atoms with Crippen LogP contribution in [0.15, 0.2) is 109 Å². The van der Waals surface area contributed by atoms with Crippen LogP contribution in [-0.2, 0) is 11.8 Å². The minimum atomic E-state index is 0.0514. The largest absolute Gasteiger partial charge is 0.338 e. The van der Waals surface area contributed by atoms with Gasteiger partial charge in [0.05, 0.1) is 0 Å². The second kappa shape index (κ2) is 13.1. The average Bonchev–Trinajstić information content (AvgIpc) is 3.46. The molecule has 3 heteroatoms. The molecule has 5 aliphatic rings. The molecule has 8 rings (SSSR count). The van der Waals surface area contributed by atoms with Crippen LogP contribution in [0.1, 0.15) is 77.9 Å². The van der Waals surface area contributed by atoms with Crippen molar-refractivity contribution in [3.8, 4) is 11.1 Å². The van der Waals surface area contributed by atoms with Gasteiger partial charge in [0.25, 0.3) is 5.91 Å². The number of likely N-dealkylation sites (tertiary alicyclic amines) is 2. The van der Waals surface area contributed by atoms with Crippen LogP contribution in [-0.4, -0.2) is 48.4 Å². The van der Waals surface area contributed by atoms with Gasteiger partial charge in [-0.25, -0.2) is 0 Å². The number of piperidine rings is 2. The summed E-state index contributed by atoms with van der Waals surface area (Å²) < 4.78 is 0. The first-order chi connectivity index (χ1) is 21.7. The molecule has 0 N–H and O–H groups in total. The smallest absolute Gasteiger partial charge is 0.253 e. The van der Waals surface area contributed by atoms with Crippen LogP contribution in [0.5, 0.6) is 0 Å². The van der Waals surface area contributed by atoms with Gasteiger partial charge in [-0.15, -0.1) is 0 Å². The van der Waals surface area contributed by atoms with Crippen molar-refractivity contribution in [2.75, 3.05) is 32.7 Å². The lowest BCUT2D eigenvalue weighted by atomic mass is 9.71. The molecule has 2 heterocycles. The Bertz CT molecular complexity index is 1520. The minimum absolute atomic E-state index is 0.0514. The van der Waals surface area contributed by atoms with Crippen LogP contribution in [0.25, 0.3) is 11.1 Å². The molecule has 226 valence electrons. The topological polar surface area (TPSA) is 23.6 Å². The van der Waals surface area contributed by atoms with E-state index < -0.39 is 0 Å². The van der Waals surface area contributed by atoms with Gasteiger partial charge in [0.2, 0.25) is 0 Å². The molecule has 0 saturated carbocycles. The molecule has 0 bridgehead atoms. The molecular weight excluding hydrogens is 536 g/mol. The number of carbonyl (C=O) groups is 1. The first-order valence-electron chi connectivity index (χ1n) is 17.0. The van der Waals surface area contributed by atoms with Gasteiger partial charge < -0.3 is 9.80 Å². The van der Waals surface area contributed by atoms with Crippen molar-refractivity contribution >= 4 is 5.91 Å². The molecule has 2 unspecified atom stereocenters. The molecule has 44 heavy (non-hydrogen) atoms. The lowest BCUT2D eigenvalue weighted by Gasteiger charge is -2.44. The van der Waals surface area contributed by atoms with Crippen LogP contribution in [0.2, 0.25) is 0 Å². The van der Waals surface area contributed by atoms with E-state index in [1.54, 1.807) is 11.1 Å². The maximum Gasteiger partial charge on any atom is 0.253 e. The molecule has 2 atom stereocenters. The fourth-order valence-electron chi connectivity index (χ4n) is 8.42. The van der Waals surface area contributed by atoms with Crippen LogP contribution >= 0.6 is 0 Å². The number of fused-ring (bicyclic) bond motifs is 2. The SMILES string of the molecule is O=C(c1ccccc1)N1CCCC(CCCN2CCC(C3CCc4ccccc43)CC2)(c2ccccc2)C1.c1cc2cc-2c1. The van der Waals surface area contributed by atoms with E-state index in [9.17, 15) is 4.79 Å². The molecule has 2 saturated heterocycles. The van der Waals surface area contributed by atoms with E-state index in [1.807, 2.05) is 30.3 Å². The third-order valence-corrected chi connectivity index (χ3v) is 10.9. The fourth-order valence-corrected chi connectivity index (χ4v) is 8.42.